The number of anilines is 1. The molecule has 0 aliphatic rings. The molecule has 108 valence electrons. The van der Waals surface area contributed by atoms with E-state index in [4.69, 9.17) is 10.00 Å². The molecule has 0 aliphatic heterocycles. The third kappa shape index (κ3) is 3.93. The zero-order valence-corrected chi connectivity index (χ0v) is 12.3. The molecular weight excluding hydrogens is 264 g/mol. The van der Waals surface area contributed by atoms with Crippen molar-refractivity contribution in [3.05, 3.63) is 41.7 Å². The largest absolute Gasteiger partial charge is 0.437 e. The van der Waals surface area contributed by atoms with Crippen LogP contribution in [0.4, 0.5) is 5.82 Å². The smallest absolute Gasteiger partial charge is 0.224 e. The third-order valence-electron chi connectivity index (χ3n) is 2.84. The summed E-state index contributed by atoms with van der Waals surface area (Å²) in [6.45, 7) is 4.93. The molecule has 0 aliphatic carbocycles. The maximum absolute atomic E-state index is 9.09. The molecule has 2 aromatic rings. The number of para-hydroxylation sites is 1. The summed E-state index contributed by atoms with van der Waals surface area (Å²) < 4.78 is 5.75. The van der Waals surface area contributed by atoms with E-state index in [-0.39, 0.29) is 0 Å². The van der Waals surface area contributed by atoms with Gasteiger partial charge in [0, 0.05) is 19.0 Å². The van der Waals surface area contributed by atoms with Gasteiger partial charge in [-0.3, -0.25) is 0 Å². The second-order valence-corrected chi connectivity index (χ2v) is 4.50. The van der Waals surface area contributed by atoms with Crippen molar-refractivity contribution in [2.24, 2.45) is 0 Å². The van der Waals surface area contributed by atoms with Gasteiger partial charge in [-0.05, 0) is 18.6 Å². The van der Waals surface area contributed by atoms with E-state index >= 15 is 0 Å². The average Bonchev–Trinajstić information content (AvgIpc) is 2.53. The Kier molecular flexibility index (Phi) is 5.10. The number of ether oxygens (including phenoxy) is 1. The lowest BCUT2D eigenvalue weighted by Crippen LogP contribution is -2.05. The number of aryl methyl sites for hydroxylation is 1. The maximum atomic E-state index is 9.09. The highest BCUT2D eigenvalue weighted by Gasteiger charge is 2.08. The molecule has 0 amide bonds. The quantitative estimate of drug-likeness (QED) is 0.877. The Hall–Kier alpha value is -2.61. The van der Waals surface area contributed by atoms with Crippen molar-refractivity contribution in [2.75, 3.05) is 11.9 Å². The molecule has 0 unspecified atom stereocenters. The van der Waals surface area contributed by atoms with Crippen LogP contribution in [0.5, 0.6) is 11.6 Å². The molecule has 0 atom stereocenters. The Morgan fingerprint density at radius 2 is 2.05 bits per heavy atom. The Morgan fingerprint density at radius 1 is 1.24 bits per heavy atom. The Labute approximate surface area is 124 Å². The van der Waals surface area contributed by atoms with Gasteiger partial charge in [0.1, 0.15) is 23.5 Å². The number of rotatable bonds is 6. The van der Waals surface area contributed by atoms with E-state index in [0.717, 1.165) is 25.2 Å². The van der Waals surface area contributed by atoms with Crippen molar-refractivity contribution in [1.29, 1.82) is 5.26 Å². The fourth-order valence-electron chi connectivity index (χ4n) is 1.79. The van der Waals surface area contributed by atoms with Gasteiger partial charge in [-0.1, -0.05) is 26.0 Å². The van der Waals surface area contributed by atoms with E-state index < -0.39 is 0 Å². The summed E-state index contributed by atoms with van der Waals surface area (Å²) in [5.74, 6) is 2.40. The second-order valence-electron chi connectivity index (χ2n) is 4.50. The highest BCUT2D eigenvalue weighted by atomic mass is 16.5. The lowest BCUT2D eigenvalue weighted by Gasteiger charge is -2.10. The normalized spacial score (nSPS) is 9.95. The van der Waals surface area contributed by atoms with E-state index in [1.807, 2.05) is 13.0 Å². The number of nitrogens with one attached hydrogen (secondary N) is 1. The molecule has 0 spiro atoms. The molecule has 1 N–H and O–H groups in total. The summed E-state index contributed by atoms with van der Waals surface area (Å²) >= 11 is 0. The first-order valence-electron chi connectivity index (χ1n) is 7.05. The van der Waals surface area contributed by atoms with Crippen LogP contribution in [-0.4, -0.2) is 16.5 Å². The van der Waals surface area contributed by atoms with Gasteiger partial charge in [-0.15, -0.1) is 0 Å². The van der Waals surface area contributed by atoms with Gasteiger partial charge in [-0.2, -0.15) is 10.2 Å². The predicted octanol–water partition coefficient (Wildman–Crippen LogP) is 3.52. The van der Waals surface area contributed by atoms with Crippen molar-refractivity contribution < 1.29 is 4.74 Å². The van der Waals surface area contributed by atoms with Crippen LogP contribution in [0.15, 0.2) is 30.3 Å². The van der Waals surface area contributed by atoms with Gasteiger partial charge in [-0.25, -0.2) is 4.98 Å². The van der Waals surface area contributed by atoms with Gasteiger partial charge in [0.15, 0.2) is 0 Å². The monoisotopic (exact) mass is 282 g/mol. The molecular formula is C16H18N4O. The van der Waals surface area contributed by atoms with E-state index in [0.29, 0.717) is 23.0 Å². The summed E-state index contributed by atoms with van der Waals surface area (Å²) in [7, 11) is 0. The molecule has 5 nitrogen and oxygen atoms in total. The van der Waals surface area contributed by atoms with Crippen molar-refractivity contribution in [3.63, 3.8) is 0 Å². The molecule has 5 heteroatoms. The lowest BCUT2D eigenvalue weighted by atomic mass is 10.2. The van der Waals surface area contributed by atoms with Crippen LogP contribution in [0, 0.1) is 11.3 Å². The van der Waals surface area contributed by atoms with Crippen LogP contribution < -0.4 is 10.1 Å². The van der Waals surface area contributed by atoms with Crippen LogP contribution in [0.25, 0.3) is 0 Å². The first kappa shape index (κ1) is 14.8. The summed E-state index contributed by atoms with van der Waals surface area (Å²) in [6, 6.07) is 11.0. The molecule has 2 rings (SSSR count). The average molecular weight is 282 g/mol. The molecule has 1 heterocycles. The van der Waals surface area contributed by atoms with E-state index in [1.54, 1.807) is 24.3 Å². The molecule has 0 saturated heterocycles. The fraction of sp³-hybridized carbons (Fsp3) is 0.312. The maximum Gasteiger partial charge on any atom is 0.224 e. The SMILES string of the molecule is CCCNc1cc(Oc2ccccc2C#N)nc(CC)n1. The lowest BCUT2D eigenvalue weighted by molar-refractivity contribution is 0.458. The Morgan fingerprint density at radius 3 is 2.76 bits per heavy atom. The van der Waals surface area contributed by atoms with Gasteiger partial charge >= 0.3 is 0 Å². The summed E-state index contributed by atoms with van der Waals surface area (Å²) in [5, 5.41) is 12.3. The number of nitriles is 1. The predicted molar refractivity (Wildman–Crippen MR) is 81.4 cm³/mol. The zero-order chi connectivity index (χ0) is 15.1. The topological polar surface area (TPSA) is 70.8 Å². The summed E-state index contributed by atoms with van der Waals surface area (Å²) in [5.41, 5.74) is 0.484. The second kappa shape index (κ2) is 7.25. The van der Waals surface area contributed by atoms with Gasteiger partial charge in [0.05, 0.1) is 5.56 Å². The number of aromatic nitrogens is 2. The summed E-state index contributed by atoms with van der Waals surface area (Å²) in [6.07, 6.45) is 1.73. The van der Waals surface area contributed by atoms with Crippen LogP contribution >= 0.6 is 0 Å². The summed E-state index contributed by atoms with van der Waals surface area (Å²) in [4.78, 5) is 8.75. The van der Waals surface area contributed by atoms with Gasteiger partial charge in [0.25, 0.3) is 0 Å². The molecule has 0 fully saturated rings. The zero-order valence-electron chi connectivity index (χ0n) is 12.3. The van der Waals surface area contributed by atoms with E-state index in [1.165, 1.54) is 0 Å². The Bertz CT molecular complexity index is 649. The third-order valence-corrected chi connectivity index (χ3v) is 2.84. The minimum atomic E-state index is 0.447. The van der Waals surface area contributed by atoms with Crippen LogP contribution in [0.1, 0.15) is 31.7 Å². The molecule has 0 radical (unpaired) electrons. The van der Waals surface area contributed by atoms with Crippen molar-refractivity contribution in [1.82, 2.24) is 9.97 Å². The number of hydrogen-bond donors (Lipinski definition) is 1. The van der Waals surface area contributed by atoms with Crippen molar-refractivity contribution in [3.8, 4) is 17.7 Å². The minimum Gasteiger partial charge on any atom is -0.437 e. The number of benzene rings is 1. The fourth-order valence-corrected chi connectivity index (χ4v) is 1.79. The molecule has 0 saturated carbocycles. The number of hydrogen-bond acceptors (Lipinski definition) is 5. The minimum absolute atomic E-state index is 0.447. The molecule has 1 aromatic carbocycles. The van der Waals surface area contributed by atoms with Crippen molar-refractivity contribution >= 4 is 5.82 Å². The highest BCUT2D eigenvalue weighted by Crippen LogP contribution is 2.24. The molecule has 1 aromatic heterocycles. The van der Waals surface area contributed by atoms with E-state index in [2.05, 4.69) is 28.3 Å². The van der Waals surface area contributed by atoms with Crippen molar-refractivity contribution in [2.45, 2.75) is 26.7 Å². The first-order valence-corrected chi connectivity index (χ1v) is 7.05. The van der Waals surface area contributed by atoms with Gasteiger partial charge in [0.2, 0.25) is 5.88 Å². The molecule has 0 bridgehead atoms. The standard InChI is InChI=1S/C16H18N4O/c1-3-9-18-15-10-16(20-14(4-2)19-15)21-13-8-6-5-7-12(13)11-17/h5-8,10H,3-4,9H2,1-2H3,(H,18,19,20). The highest BCUT2D eigenvalue weighted by molar-refractivity contribution is 5.46. The van der Waals surface area contributed by atoms with E-state index in [9.17, 15) is 0 Å². The van der Waals surface area contributed by atoms with Crippen LogP contribution in [0.2, 0.25) is 0 Å². The van der Waals surface area contributed by atoms with Gasteiger partial charge < -0.3 is 10.1 Å². The Balaban J connectivity index is 2.28. The number of nitrogens with zero attached hydrogens (tertiary/aromatic N) is 3. The first-order chi connectivity index (χ1) is 10.3. The van der Waals surface area contributed by atoms with Crippen LogP contribution in [-0.2, 0) is 6.42 Å². The molecule has 21 heavy (non-hydrogen) atoms. The van der Waals surface area contributed by atoms with Crippen LogP contribution in [0.3, 0.4) is 0 Å².